The molecule has 112 valence electrons. The minimum absolute atomic E-state index is 0.942. The first-order chi connectivity index (χ1) is 10.5. The largest absolute Gasteiger partial charge is 0.332 e. The summed E-state index contributed by atoms with van der Waals surface area (Å²) in [7, 11) is 0. The van der Waals surface area contributed by atoms with Crippen molar-refractivity contribution in [3.05, 3.63) is 64.0 Å². The molecule has 0 fully saturated rings. The standard InChI is InChI=1S/C19H20N2S/c1-12-6-9-16(10-7-12)20-19-21-18(15(4)22-19)17-11-13(2)5-8-14(17)3/h5-11H,1-4H3,(H,20,21). The molecule has 3 rings (SSSR count). The summed E-state index contributed by atoms with van der Waals surface area (Å²) in [4.78, 5) is 6.05. The van der Waals surface area contributed by atoms with Gasteiger partial charge in [-0.15, -0.1) is 11.3 Å². The molecule has 0 aliphatic heterocycles. The zero-order valence-electron chi connectivity index (χ0n) is 13.4. The number of benzene rings is 2. The molecule has 2 aromatic carbocycles. The summed E-state index contributed by atoms with van der Waals surface area (Å²) in [5.41, 5.74) is 7.18. The molecule has 0 aliphatic rings. The summed E-state index contributed by atoms with van der Waals surface area (Å²) in [5, 5.41) is 4.35. The second kappa shape index (κ2) is 5.93. The van der Waals surface area contributed by atoms with Crippen molar-refractivity contribution in [1.29, 1.82) is 0 Å². The molecule has 22 heavy (non-hydrogen) atoms. The van der Waals surface area contributed by atoms with E-state index in [0.29, 0.717) is 0 Å². The van der Waals surface area contributed by atoms with Gasteiger partial charge < -0.3 is 5.32 Å². The van der Waals surface area contributed by atoms with Gasteiger partial charge in [0.05, 0.1) is 5.69 Å². The summed E-state index contributed by atoms with van der Waals surface area (Å²) < 4.78 is 0. The van der Waals surface area contributed by atoms with Gasteiger partial charge in [-0.2, -0.15) is 0 Å². The first kappa shape index (κ1) is 14.8. The maximum Gasteiger partial charge on any atom is 0.187 e. The first-order valence-corrected chi connectivity index (χ1v) is 8.23. The van der Waals surface area contributed by atoms with Crippen LogP contribution in [0.5, 0.6) is 0 Å². The number of rotatable bonds is 3. The molecule has 0 saturated carbocycles. The van der Waals surface area contributed by atoms with E-state index in [-0.39, 0.29) is 0 Å². The highest BCUT2D eigenvalue weighted by molar-refractivity contribution is 7.16. The van der Waals surface area contributed by atoms with E-state index in [1.54, 1.807) is 11.3 Å². The molecule has 1 aromatic heterocycles. The normalized spacial score (nSPS) is 10.7. The van der Waals surface area contributed by atoms with Crippen LogP contribution >= 0.6 is 11.3 Å². The van der Waals surface area contributed by atoms with Crippen molar-refractivity contribution in [2.45, 2.75) is 27.7 Å². The molecule has 0 radical (unpaired) electrons. The highest BCUT2D eigenvalue weighted by Crippen LogP contribution is 2.34. The third kappa shape index (κ3) is 3.04. The molecule has 0 unspecified atom stereocenters. The van der Waals surface area contributed by atoms with Gasteiger partial charge in [-0.25, -0.2) is 4.98 Å². The average Bonchev–Trinajstić information content (AvgIpc) is 2.84. The lowest BCUT2D eigenvalue weighted by Crippen LogP contribution is -1.90. The molecule has 2 nitrogen and oxygen atoms in total. The Morgan fingerprint density at radius 1 is 0.864 bits per heavy atom. The topological polar surface area (TPSA) is 24.9 Å². The van der Waals surface area contributed by atoms with Gasteiger partial charge >= 0.3 is 0 Å². The molecule has 3 heteroatoms. The van der Waals surface area contributed by atoms with Crippen molar-refractivity contribution in [2.75, 3.05) is 5.32 Å². The second-order valence-electron chi connectivity index (χ2n) is 5.73. The lowest BCUT2D eigenvalue weighted by atomic mass is 10.0. The first-order valence-electron chi connectivity index (χ1n) is 7.41. The molecular formula is C19H20N2S. The van der Waals surface area contributed by atoms with Crippen LogP contribution < -0.4 is 5.32 Å². The molecular weight excluding hydrogens is 288 g/mol. The number of aryl methyl sites for hydroxylation is 4. The van der Waals surface area contributed by atoms with E-state index in [0.717, 1.165) is 16.5 Å². The van der Waals surface area contributed by atoms with Crippen LogP contribution in [0, 0.1) is 27.7 Å². The Labute approximate surface area is 135 Å². The predicted molar refractivity (Wildman–Crippen MR) is 96.2 cm³/mol. The predicted octanol–water partition coefficient (Wildman–Crippen LogP) is 5.79. The molecule has 0 bridgehead atoms. The number of hydrogen-bond acceptors (Lipinski definition) is 3. The quantitative estimate of drug-likeness (QED) is 0.662. The number of nitrogens with zero attached hydrogens (tertiary/aromatic N) is 1. The van der Waals surface area contributed by atoms with Crippen LogP contribution in [0.25, 0.3) is 11.3 Å². The van der Waals surface area contributed by atoms with Gasteiger partial charge in [0.15, 0.2) is 5.13 Å². The maximum absolute atomic E-state index is 4.81. The van der Waals surface area contributed by atoms with Crippen molar-refractivity contribution in [3.63, 3.8) is 0 Å². The Kier molecular flexibility index (Phi) is 3.99. The number of hydrogen-bond donors (Lipinski definition) is 1. The Hall–Kier alpha value is -2.13. The van der Waals surface area contributed by atoms with Gasteiger partial charge in [0, 0.05) is 16.1 Å². The summed E-state index contributed by atoms with van der Waals surface area (Å²) in [5.74, 6) is 0. The van der Waals surface area contributed by atoms with Crippen LogP contribution in [0.3, 0.4) is 0 Å². The van der Waals surface area contributed by atoms with E-state index in [2.05, 4.69) is 75.5 Å². The van der Waals surface area contributed by atoms with Crippen LogP contribution in [0.15, 0.2) is 42.5 Å². The molecule has 3 aromatic rings. The molecule has 0 amide bonds. The van der Waals surface area contributed by atoms with E-state index in [1.165, 1.54) is 27.1 Å². The molecule has 0 spiro atoms. The molecule has 1 N–H and O–H groups in total. The van der Waals surface area contributed by atoms with Crippen molar-refractivity contribution >= 4 is 22.2 Å². The van der Waals surface area contributed by atoms with E-state index >= 15 is 0 Å². The summed E-state index contributed by atoms with van der Waals surface area (Å²) in [6.45, 7) is 8.49. The fraction of sp³-hybridized carbons (Fsp3) is 0.211. The van der Waals surface area contributed by atoms with Gasteiger partial charge in [0.25, 0.3) is 0 Å². The highest BCUT2D eigenvalue weighted by Gasteiger charge is 2.12. The maximum atomic E-state index is 4.81. The van der Waals surface area contributed by atoms with Crippen LogP contribution in [-0.4, -0.2) is 4.98 Å². The second-order valence-corrected chi connectivity index (χ2v) is 6.94. The van der Waals surface area contributed by atoms with E-state index in [4.69, 9.17) is 4.98 Å². The SMILES string of the molecule is Cc1ccc(Nc2nc(-c3cc(C)ccc3C)c(C)s2)cc1. The van der Waals surface area contributed by atoms with Gasteiger partial charge in [0.2, 0.25) is 0 Å². The number of aromatic nitrogens is 1. The lowest BCUT2D eigenvalue weighted by Gasteiger charge is -2.05. The van der Waals surface area contributed by atoms with E-state index < -0.39 is 0 Å². The van der Waals surface area contributed by atoms with Gasteiger partial charge in [-0.05, 0) is 51.5 Å². The number of anilines is 2. The van der Waals surface area contributed by atoms with Crippen LogP contribution in [-0.2, 0) is 0 Å². The van der Waals surface area contributed by atoms with Crippen molar-refractivity contribution < 1.29 is 0 Å². The van der Waals surface area contributed by atoms with E-state index in [9.17, 15) is 0 Å². The summed E-state index contributed by atoms with van der Waals surface area (Å²) in [6, 6.07) is 14.9. The van der Waals surface area contributed by atoms with Crippen LogP contribution in [0.2, 0.25) is 0 Å². The minimum Gasteiger partial charge on any atom is -0.332 e. The summed E-state index contributed by atoms with van der Waals surface area (Å²) >= 11 is 1.70. The average molecular weight is 308 g/mol. The third-order valence-electron chi connectivity index (χ3n) is 3.75. The summed E-state index contributed by atoms with van der Waals surface area (Å²) in [6.07, 6.45) is 0. The molecule has 1 heterocycles. The zero-order chi connectivity index (χ0) is 15.7. The highest BCUT2D eigenvalue weighted by atomic mass is 32.1. The fourth-order valence-corrected chi connectivity index (χ4v) is 3.30. The van der Waals surface area contributed by atoms with Gasteiger partial charge in [-0.3, -0.25) is 0 Å². The monoisotopic (exact) mass is 308 g/mol. The van der Waals surface area contributed by atoms with Crippen molar-refractivity contribution in [3.8, 4) is 11.3 Å². The molecule has 0 saturated heterocycles. The smallest absolute Gasteiger partial charge is 0.187 e. The Morgan fingerprint density at radius 3 is 2.27 bits per heavy atom. The Balaban J connectivity index is 1.93. The zero-order valence-corrected chi connectivity index (χ0v) is 14.2. The van der Waals surface area contributed by atoms with Crippen LogP contribution in [0.4, 0.5) is 10.8 Å². The van der Waals surface area contributed by atoms with Crippen molar-refractivity contribution in [1.82, 2.24) is 4.98 Å². The fourth-order valence-electron chi connectivity index (χ4n) is 2.45. The van der Waals surface area contributed by atoms with Crippen LogP contribution in [0.1, 0.15) is 21.6 Å². The van der Waals surface area contributed by atoms with E-state index in [1.807, 2.05) is 0 Å². The Bertz CT molecular complexity index is 801. The van der Waals surface area contributed by atoms with Gasteiger partial charge in [0.1, 0.15) is 0 Å². The lowest BCUT2D eigenvalue weighted by molar-refractivity contribution is 1.31. The Morgan fingerprint density at radius 2 is 1.55 bits per heavy atom. The third-order valence-corrected chi connectivity index (χ3v) is 4.63. The van der Waals surface area contributed by atoms with Crippen molar-refractivity contribution in [2.24, 2.45) is 0 Å². The number of nitrogens with one attached hydrogen (secondary N) is 1. The molecule has 0 aliphatic carbocycles. The number of thiazole rings is 1. The minimum atomic E-state index is 0.942. The van der Waals surface area contributed by atoms with Gasteiger partial charge in [-0.1, -0.05) is 35.4 Å². The molecule has 0 atom stereocenters.